The molecule has 2 aliphatic heterocycles. The molecule has 0 radical (unpaired) electrons. The number of allylic oxidation sites excluding steroid dienone is 2. The van der Waals surface area contributed by atoms with Gasteiger partial charge in [0.1, 0.15) is 6.04 Å². The van der Waals surface area contributed by atoms with Crippen LogP contribution in [0.15, 0.2) is 23.5 Å². The number of piperazine rings is 1. The van der Waals surface area contributed by atoms with Gasteiger partial charge in [0.25, 0.3) is 0 Å². The van der Waals surface area contributed by atoms with Crippen LogP contribution in [0.1, 0.15) is 6.92 Å². The van der Waals surface area contributed by atoms with Crippen LogP contribution in [0.5, 0.6) is 0 Å². The number of amides is 2. The molecule has 3 N–H and O–H groups in total. The van der Waals surface area contributed by atoms with Gasteiger partial charge in [0.15, 0.2) is 0 Å². The van der Waals surface area contributed by atoms with E-state index >= 15 is 0 Å². The predicted octanol–water partition coefficient (Wildman–Crippen LogP) is -0.144. The average molecular weight is 318 g/mol. The highest BCUT2D eigenvalue weighted by Crippen LogP contribution is 2.24. The van der Waals surface area contributed by atoms with Gasteiger partial charge in [-0.3, -0.25) is 9.59 Å². The van der Waals surface area contributed by atoms with Gasteiger partial charge in [0, 0.05) is 18.8 Å². The quantitative estimate of drug-likeness (QED) is 0.677. The van der Waals surface area contributed by atoms with Crippen molar-refractivity contribution < 1.29 is 22.8 Å². The third kappa shape index (κ3) is 4.00. The van der Waals surface area contributed by atoms with Crippen molar-refractivity contribution in [3.05, 3.63) is 23.5 Å². The molecule has 122 valence electrons. The summed E-state index contributed by atoms with van der Waals surface area (Å²) in [5.74, 6) is -0.622. The molecule has 0 bridgehead atoms. The van der Waals surface area contributed by atoms with E-state index in [9.17, 15) is 22.8 Å². The third-order valence-electron chi connectivity index (χ3n) is 3.38. The van der Waals surface area contributed by atoms with E-state index < -0.39 is 18.1 Å². The summed E-state index contributed by atoms with van der Waals surface area (Å²) in [6.45, 7) is 2.55. The topological polar surface area (TPSA) is 73.5 Å². The average Bonchev–Trinajstić information content (AvgIpc) is 2.42. The van der Waals surface area contributed by atoms with Crippen molar-refractivity contribution in [2.24, 2.45) is 0 Å². The van der Waals surface area contributed by atoms with Gasteiger partial charge in [0.2, 0.25) is 11.8 Å². The molecule has 1 atom stereocenters. The van der Waals surface area contributed by atoms with Crippen molar-refractivity contribution >= 4 is 11.8 Å². The summed E-state index contributed by atoms with van der Waals surface area (Å²) in [6.07, 6.45) is -2.22. The van der Waals surface area contributed by atoms with Gasteiger partial charge in [-0.15, -0.1) is 0 Å². The minimum atomic E-state index is -4.39. The Bertz CT molecular complexity index is 528. The molecule has 9 heteroatoms. The maximum Gasteiger partial charge on any atom is 0.412 e. The van der Waals surface area contributed by atoms with Crippen molar-refractivity contribution in [2.45, 2.75) is 19.1 Å². The van der Waals surface area contributed by atoms with E-state index in [4.69, 9.17) is 0 Å². The van der Waals surface area contributed by atoms with Crippen LogP contribution in [0, 0.1) is 0 Å². The number of carbonyl (C=O) groups excluding carboxylic acids is 2. The van der Waals surface area contributed by atoms with E-state index in [2.05, 4.69) is 16.0 Å². The second-order valence-electron chi connectivity index (χ2n) is 5.10. The number of hydrogen-bond acceptors (Lipinski definition) is 4. The number of rotatable bonds is 3. The number of alkyl halides is 3. The van der Waals surface area contributed by atoms with Gasteiger partial charge in [-0.2, -0.15) is 13.2 Å². The molecule has 2 heterocycles. The molecule has 1 unspecified atom stereocenters. The summed E-state index contributed by atoms with van der Waals surface area (Å²) in [5.41, 5.74) is 0.498. The molecule has 2 aliphatic rings. The Morgan fingerprint density at radius 2 is 2.23 bits per heavy atom. The molecule has 1 fully saturated rings. The number of nitrogens with one attached hydrogen (secondary N) is 3. The van der Waals surface area contributed by atoms with Crippen LogP contribution < -0.4 is 16.0 Å². The fraction of sp³-hybridized carbons (Fsp3) is 0.538. The van der Waals surface area contributed by atoms with Gasteiger partial charge in [0.05, 0.1) is 18.8 Å². The highest BCUT2D eigenvalue weighted by molar-refractivity contribution is 5.87. The maximum atomic E-state index is 12.6. The molecular weight excluding hydrogens is 301 g/mol. The first-order valence-corrected chi connectivity index (χ1v) is 6.78. The second-order valence-corrected chi connectivity index (χ2v) is 5.10. The molecule has 2 rings (SSSR count). The van der Waals surface area contributed by atoms with Crippen molar-refractivity contribution in [3.63, 3.8) is 0 Å². The first-order valence-electron chi connectivity index (χ1n) is 6.78. The standard InChI is InChI=1S/C13H17F3N4O2/c1-8-9(2-3-10(18-8)13(14,15)16)19-11(21)7-20-5-4-17-6-12(20)22/h2-3,10,17-18H,4-7H2,1H3,(H,19,21). The third-order valence-corrected chi connectivity index (χ3v) is 3.38. The lowest BCUT2D eigenvalue weighted by Crippen LogP contribution is -2.51. The highest BCUT2D eigenvalue weighted by atomic mass is 19.4. The largest absolute Gasteiger partial charge is 0.412 e. The monoisotopic (exact) mass is 318 g/mol. The van der Waals surface area contributed by atoms with Crippen molar-refractivity contribution in [1.29, 1.82) is 0 Å². The molecule has 2 amide bonds. The van der Waals surface area contributed by atoms with E-state index in [0.29, 0.717) is 13.1 Å². The maximum absolute atomic E-state index is 12.6. The van der Waals surface area contributed by atoms with Crippen LogP contribution in [0.3, 0.4) is 0 Å². The zero-order chi connectivity index (χ0) is 16.3. The Kier molecular flexibility index (Phi) is 4.74. The number of halogens is 3. The van der Waals surface area contributed by atoms with Crippen molar-refractivity contribution in [2.75, 3.05) is 26.2 Å². The minimum Gasteiger partial charge on any atom is -0.373 e. The van der Waals surface area contributed by atoms with Crippen LogP contribution in [0.4, 0.5) is 13.2 Å². The zero-order valence-corrected chi connectivity index (χ0v) is 12.0. The number of dihydropyridines is 1. The Hall–Kier alpha value is -2.03. The lowest BCUT2D eigenvalue weighted by Gasteiger charge is -2.28. The predicted molar refractivity (Wildman–Crippen MR) is 72.4 cm³/mol. The normalized spacial score (nSPS) is 22.6. The zero-order valence-electron chi connectivity index (χ0n) is 12.0. The van der Waals surface area contributed by atoms with Gasteiger partial charge in [-0.05, 0) is 13.0 Å². The summed E-state index contributed by atoms with van der Waals surface area (Å²) >= 11 is 0. The Morgan fingerprint density at radius 3 is 2.82 bits per heavy atom. The van der Waals surface area contributed by atoms with Crippen LogP contribution >= 0.6 is 0 Å². The van der Waals surface area contributed by atoms with Gasteiger partial charge < -0.3 is 20.9 Å². The molecule has 0 aliphatic carbocycles. The molecule has 6 nitrogen and oxygen atoms in total. The molecule has 0 spiro atoms. The summed E-state index contributed by atoms with van der Waals surface area (Å²) in [5, 5.41) is 7.69. The van der Waals surface area contributed by atoms with Crippen LogP contribution in [0.25, 0.3) is 0 Å². The Labute approximate surface area is 125 Å². The second kappa shape index (κ2) is 6.39. The molecule has 1 saturated heterocycles. The van der Waals surface area contributed by atoms with Crippen LogP contribution in [0.2, 0.25) is 0 Å². The van der Waals surface area contributed by atoms with Gasteiger partial charge in [-0.25, -0.2) is 0 Å². The van der Waals surface area contributed by atoms with Crippen LogP contribution in [-0.2, 0) is 9.59 Å². The van der Waals surface area contributed by atoms with Gasteiger partial charge >= 0.3 is 6.18 Å². The first-order chi connectivity index (χ1) is 10.3. The first kappa shape index (κ1) is 16.3. The van der Waals surface area contributed by atoms with Crippen molar-refractivity contribution in [1.82, 2.24) is 20.9 Å². The lowest BCUT2D eigenvalue weighted by molar-refractivity contribution is -0.143. The molecule has 0 saturated carbocycles. The minimum absolute atomic E-state index is 0.117. The summed E-state index contributed by atoms with van der Waals surface area (Å²) < 4.78 is 37.7. The Balaban J connectivity index is 1.92. The lowest BCUT2D eigenvalue weighted by atomic mass is 10.1. The van der Waals surface area contributed by atoms with Gasteiger partial charge in [-0.1, -0.05) is 6.08 Å². The smallest absolute Gasteiger partial charge is 0.373 e. The fourth-order valence-corrected chi connectivity index (χ4v) is 2.18. The molecule has 0 aromatic heterocycles. The molecular formula is C13H17F3N4O2. The summed E-state index contributed by atoms with van der Waals surface area (Å²) in [7, 11) is 0. The van der Waals surface area contributed by atoms with E-state index in [-0.39, 0.29) is 30.4 Å². The van der Waals surface area contributed by atoms with E-state index in [1.165, 1.54) is 17.9 Å². The summed E-state index contributed by atoms with van der Waals surface area (Å²) in [4.78, 5) is 24.9. The number of carbonyl (C=O) groups is 2. The van der Waals surface area contributed by atoms with Crippen LogP contribution in [-0.4, -0.2) is 55.1 Å². The number of hydrogen-bond donors (Lipinski definition) is 3. The molecule has 0 aromatic rings. The SMILES string of the molecule is CC1=C(NC(=O)CN2CCNCC2=O)C=CC(C(F)(F)F)N1. The number of nitrogens with zero attached hydrogens (tertiary/aromatic N) is 1. The Morgan fingerprint density at radius 1 is 1.50 bits per heavy atom. The summed E-state index contributed by atoms with van der Waals surface area (Å²) in [6, 6.07) is -1.76. The molecule has 22 heavy (non-hydrogen) atoms. The molecule has 0 aromatic carbocycles. The van der Waals surface area contributed by atoms with E-state index in [1.54, 1.807) is 0 Å². The fourth-order valence-electron chi connectivity index (χ4n) is 2.18. The highest BCUT2D eigenvalue weighted by Gasteiger charge is 2.39. The van der Waals surface area contributed by atoms with Crippen molar-refractivity contribution in [3.8, 4) is 0 Å². The van der Waals surface area contributed by atoms with E-state index in [1.807, 2.05) is 0 Å². The van der Waals surface area contributed by atoms with E-state index in [0.717, 1.165) is 6.08 Å².